The third-order valence-electron chi connectivity index (χ3n) is 6.30. The summed E-state index contributed by atoms with van der Waals surface area (Å²) < 4.78 is 51.7. The van der Waals surface area contributed by atoms with Crippen LogP contribution in [0.25, 0.3) is 0 Å². The van der Waals surface area contributed by atoms with E-state index in [2.05, 4.69) is 6.92 Å². The van der Waals surface area contributed by atoms with Gasteiger partial charge in [0, 0.05) is 11.8 Å². The second-order valence-electron chi connectivity index (χ2n) is 8.26. The van der Waals surface area contributed by atoms with Gasteiger partial charge in [-0.15, -0.1) is 0 Å². The topological polar surface area (TPSA) is 18.5 Å². The van der Waals surface area contributed by atoms with Crippen molar-refractivity contribution in [3.63, 3.8) is 0 Å². The predicted octanol–water partition coefficient (Wildman–Crippen LogP) is 5.17. The molecule has 0 amide bonds. The zero-order valence-corrected chi connectivity index (χ0v) is 14.6. The Kier molecular flexibility index (Phi) is 4.57. The molecule has 3 fully saturated rings. The average Bonchev–Trinajstić information content (AvgIpc) is 2.51. The van der Waals surface area contributed by atoms with Crippen molar-refractivity contribution in [2.45, 2.75) is 57.7 Å². The van der Waals surface area contributed by atoms with Crippen LogP contribution in [0.5, 0.6) is 0 Å². The van der Waals surface area contributed by atoms with Gasteiger partial charge in [0.05, 0.1) is 13.2 Å². The lowest BCUT2D eigenvalue weighted by Gasteiger charge is -2.59. The Labute approximate surface area is 146 Å². The molecule has 1 aromatic rings. The van der Waals surface area contributed by atoms with Crippen molar-refractivity contribution in [2.24, 2.45) is 17.3 Å². The van der Waals surface area contributed by atoms with Gasteiger partial charge in [0.15, 0.2) is 23.7 Å². The molecular weight excluding hydrogens is 329 g/mol. The number of hydrogen-bond acceptors (Lipinski definition) is 2. The summed E-state index contributed by atoms with van der Waals surface area (Å²) >= 11 is 0. The quantitative estimate of drug-likeness (QED) is 0.695. The second kappa shape index (κ2) is 6.58. The van der Waals surface area contributed by atoms with Gasteiger partial charge in [0.1, 0.15) is 0 Å². The van der Waals surface area contributed by atoms with Gasteiger partial charge in [-0.05, 0) is 61.1 Å². The van der Waals surface area contributed by atoms with Crippen LogP contribution in [0.15, 0.2) is 12.1 Å². The van der Waals surface area contributed by atoms with E-state index >= 15 is 0 Å². The third kappa shape index (κ3) is 3.21. The molecule has 1 aliphatic heterocycles. The van der Waals surface area contributed by atoms with E-state index in [0.717, 1.165) is 63.9 Å². The maximum absolute atomic E-state index is 13.4. The molecule has 0 N–H and O–H groups in total. The Hall–Kier alpha value is -1.07. The maximum atomic E-state index is 13.4. The summed E-state index contributed by atoms with van der Waals surface area (Å²) in [5.41, 5.74) is 0.849. The van der Waals surface area contributed by atoms with Crippen molar-refractivity contribution in [3.8, 4) is 0 Å². The van der Waals surface area contributed by atoms with Gasteiger partial charge in [-0.25, -0.2) is 13.2 Å². The van der Waals surface area contributed by atoms with E-state index in [1.165, 1.54) is 0 Å². The minimum Gasteiger partial charge on any atom is -0.352 e. The van der Waals surface area contributed by atoms with Crippen molar-refractivity contribution in [2.75, 3.05) is 13.2 Å². The zero-order valence-electron chi connectivity index (χ0n) is 14.6. The van der Waals surface area contributed by atoms with E-state index in [9.17, 15) is 13.2 Å². The van der Waals surface area contributed by atoms with Crippen LogP contribution >= 0.6 is 0 Å². The molecule has 0 bridgehead atoms. The highest BCUT2D eigenvalue weighted by Gasteiger charge is 2.55. The number of ether oxygens (including phenoxy) is 2. The maximum Gasteiger partial charge on any atom is 0.194 e. The Morgan fingerprint density at radius 3 is 2.16 bits per heavy atom. The summed E-state index contributed by atoms with van der Waals surface area (Å²) in [4.78, 5) is 0. The summed E-state index contributed by atoms with van der Waals surface area (Å²) in [5.74, 6) is -2.47. The normalized spacial score (nSPS) is 37.6. The van der Waals surface area contributed by atoms with Crippen LogP contribution in [-0.2, 0) is 9.47 Å². The summed E-state index contributed by atoms with van der Waals surface area (Å²) in [6.45, 7) is 3.76. The first kappa shape index (κ1) is 17.3. The Morgan fingerprint density at radius 2 is 1.60 bits per heavy atom. The fourth-order valence-corrected chi connectivity index (χ4v) is 5.02. The fraction of sp³-hybridized carbons (Fsp3) is 0.700. The summed E-state index contributed by atoms with van der Waals surface area (Å²) in [5, 5.41) is 0. The first-order valence-electron chi connectivity index (χ1n) is 9.37. The average molecular weight is 354 g/mol. The minimum absolute atomic E-state index is 0.0847. The Bertz CT molecular complexity index is 603. The van der Waals surface area contributed by atoms with Gasteiger partial charge in [-0.2, -0.15) is 0 Å². The lowest BCUT2D eigenvalue weighted by molar-refractivity contribution is -0.258. The molecule has 1 spiro atoms. The molecule has 0 radical (unpaired) electrons. The lowest BCUT2D eigenvalue weighted by Crippen LogP contribution is -2.52. The third-order valence-corrected chi connectivity index (χ3v) is 6.30. The van der Waals surface area contributed by atoms with E-state index < -0.39 is 17.5 Å². The molecule has 2 saturated carbocycles. The molecule has 25 heavy (non-hydrogen) atoms. The summed E-state index contributed by atoms with van der Waals surface area (Å²) in [6, 6.07) is 2.29. The van der Waals surface area contributed by atoms with Gasteiger partial charge >= 0.3 is 0 Å². The molecule has 1 heterocycles. The molecule has 2 nitrogen and oxygen atoms in total. The minimum atomic E-state index is -1.38. The SMILES string of the molecule is CCCC1COC(C2CC3(CC(c4cc(F)c(F)c(F)c4)C3)C2)OC1. The molecule has 2 aliphatic carbocycles. The van der Waals surface area contributed by atoms with Crippen LogP contribution in [0.4, 0.5) is 13.2 Å². The fourth-order valence-electron chi connectivity index (χ4n) is 5.02. The Morgan fingerprint density at radius 1 is 1.00 bits per heavy atom. The zero-order chi connectivity index (χ0) is 17.6. The smallest absolute Gasteiger partial charge is 0.194 e. The van der Waals surface area contributed by atoms with Gasteiger partial charge in [-0.3, -0.25) is 0 Å². The van der Waals surface area contributed by atoms with Crippen molar-refractivity contribution >= 4 is 0 Å². The van der Waals surface area contributed by atoms with Gasteiger partial charge in [-0.1, -0.05) is 13.3 Å². The van der Waals surface area contributed by atoms with E-state index in [1.807, 2.05) is 0 Å². The van der Waals surface area contributed by atoms with Gasteiger partial charge in [0.2, 0.25) is 0 Å². The number of benzene rings is 1. The van der Waals surface area contributed by atoms with Crippen LogP contribution in [0.3, 0.4) is 0 Å². The molecule has 0 atom stereocenters. The van der Waals surface area contributed by atoms with Crippen LogP contribution in [0.2, 0.25) is 0 Å². The predicted molar refractivity (Wildman–Crippen MR) is 87.5 cm³/mol. The van der Waals surface area contributed by atoms with E-state index in [-0.39, 0.29) is 17.6 Å². The number of hydrogen-bond donors (Lipinski definition) is 0. The largest absolute Gasteiger partial charge is 0.352 e. The first-order chi connectivity index (χ1) is 12.0. The molecule has 1 aromatic carbocycles. The molecule has 0 unspecified atom stereocenters. The van der Waals surface area contributed by atoms with E-state index in [4.69, 9.17) is 9.47 Å². The highest BCUT2D eigenvalue weighted by Crippen LogP contribution is 2.65. The Balaban J connectivity index is 1.27. The molecule has 1 saturated heterocycles. The van der Waals surface area contributed by atoms with Crippen LogP contribution in [-0.4, -0.2) is 19.5 Å². The molecule has 4 rings (SSSR count). The molecule has 138 valence electrons. The van der Waals surface area contributed by atoms with E-state index in [1.54, 1.807) is 0 Å². The highest BCUT2D eigenvalue weighted by molar-refractivity contribution is 5.27. The van der Waals surface area contributed by atoms with Gasteiger partial charge < -0.3 is 9.47 Å². The van der Waals surface area contributed by atoms with Crippen molar-refractivity contribution < 1.29 is 22.6 Å². The summed E-state index contributed by atoms with van der Waals surface area (Å²) in [7, 11) is 0. The van der Waals surface area contributed by atoms with Crippen molar-refractivity contribution in [3.05, 3.63) is 35.1 Å². The lowest BCUT2D eigenvalue weighted by atomic mass is 9.47. The number of rotatable bonds is 4. The first-order valence-corrected chi connectivity index (χ1v) is 9.37. The summed E-state index contributed by atoms with van der Waals surface area (Å²) in [6.07, 6.45) is 6.16. The van der Waals surface area contributed by atoms with E-state index in [0.29, 0.717) is 17.4 Å². The standard InChI is InChI=1S/C20H25F3O2/c1-2-3-12-10-24-19(25-11-12)15-8-20(9-15)6-14(7-20)13-4-16(21)18(23)17(22)5-13/h4-5,12,14-15,19H,2-3,6-11H2,1H3. The number of halogens is 3. The van der Waals surface area contributed by atoms with Crippen molar-refractivity contribution in [1.82, 2.24) is 0 Å². The van der Waals surface area contributed by atoms with Crippen LogP contribution in [0.1, 0.15) is 56.9 Å². The van der Waals surface area contributed by atoms with Crippen molar-refractivity contribution in [1.29, 1.82) is 0 Å². The highest BCUT2D eigenvalue weighted by atomic mass is 19.2. The second-order valence-corrected chi connectivity index (χ2v) is 8.26. The monoisotopic (exact) mass is 354 g/mol. The van der Waals surface area contributed by atoms with Gasteiger partial charge in [0.25, 0.3) is 0 Å². The molecular formula is C20H25F3O2. The van der Waals surface area contributed by atoms with Crippen LogP contribution in [0, 0.1) is 34.7 Å². The molecule has 0 aromatic heterocycles. The van der Waals surface area contributed by atoms with Crippen LogP contribution < -0.4 is 0 Å². The molecule has 5 heteroatoms. The molecule has 3 aliphatic rings.